The summed E-state index contributed by atoms with van der Waals surface area (Å²) in [6.07, 6.45) is 14.8. The van der Waals surface area contributed by atoms with Gasteiger partial charge in [0.15, 0.2) is 0 Å². The normalized spacial score (nSPS) is 24.1. The SMILES string of the molecule is CCCCCCCC(=O)C1CCC(CCC)CC1. The molecule has 0 heterocycles. The number of carbonyl (C=O) groups is 1. The van der Waals surface area contributed by atoms with Gasteiger partial charge >= 0.3 is 0 Å². The Morgan fingerprint density at radius 2 is 1.56 bits per heavy atom. The van der Waals surface area contributed by atoms with Gasteiger partial charge in [0.25, 0.3) is 0 Å². The molecule has 0 radical (unpaired) electrons. The highest BCUT2D eigenvalue weighted by molar-refractivity contribution is 5.80. The van der Waals surface area contributed by atoms with Crippen molar-refractivity contribution in [2.24, 2.45) is 11.8 Å². The topological polar surface area (TPSA) is 17.1 Å². The van der Waals surface area contributed by atoms with E-state index in [1.807, 2.05) is 0 Å². The molecular weight excluding hydrogens is 220 g/mol. The van der Waals surface area contributed by atoms with Gasteiger partial charge in [-0.05, 0) is 38.0 Å². The first kappa shape index (κ1) is 15.7. The Balaban J connectivity index is 2.08. The van der Waals surface area contributed by atoms with Crippen LogP contribution in [0, 0.1) is 11.8 Å². The quantitative estimate of drug-likeness (QED) is 0.494. The third-order valence-electron chi connectivity index (χ3n) is 4.53. The van der Waals surface area contributed by atoms with E-state index in [0.29, 0.717) is 11.7 Å². The molecule has 1 aliphatic carbocycles. The minimum Gasteiger partial charge on any atom is -0.299 e. The highest BCUT2D eigenvalue weighted by atomic mass is 16.1. The standard InChI is InChI=1S/C17H32O/c1-3-5-6-7-8-10-17(18)16-13-11-15(9-4-2)12-14-16/h15-16H,3-14H2,1-2H3. The summed E-state index contributed by atoms with van der Waals surface area (Å²) in [6.45, 7) is 4.51. The fourth-order valence-corrected chi connectivity index (χ4v) is 3.29. The predicted molar refractivity (Wildman–Crippen MR) is 78.7 cm³/mol. The van der Waals surface area contributed by atoms with Gasteiger partial charge in [-0.1, -0.05) is 52.4 Å². The number of ketones is 1. The molecular formula is C17H32O. The van der Waals surface area contributed by atoms with Crippen molar-refractivity contribution in [1.29, 1.82) is 0 Å². The number of rotatable bonds is 9. The third-order valence-corrected chi connectivity index (χ3v) is 4.53. The summed E-state index contributed by atoms with van der Waals surface area (Å²) in [4.78, 5) is 12.1. The smallest absolute Gasteiger partial charge is 0.135 e. The maximum Gasteiger partial charge on any atom is 0.135 e. The van der Waals surface area contributed by atoms with Gasteiger partial charge in [-0.3, -0.25) is 4.79 Å². The van der Waals surface area contributed by atoms with Crippen LogP contribution in [-0.4, -0.2) is 5.78 Å². The lowest BCUT2D eigenvalue weighted by atomic mass is 9.77. The van der Waals surface area contributed by atoms with Gasteiger partial charge < -0.3 is 0 Å². The summed E-state index contributed by atoms with van der Waals surface area (Å²) < 4.78 is 0. The lowest BCUT2D eigenvalue weighted by molar-refractivity contribution is -0.124. The van der Waals surface area contributed by atoms with Crippen molar-refractivity contribution in [3.05, 3.63) is 0 Å². The molecule has 0 aromatic rings. The van der Waals surface area contributed by atoms with E-state index < -0.39 is 0 Å². The van der Waals surface area contributed by atoms with Crippen LogP contribution in [0.25, 0.3) is 0 Å². The van der Waals surface area contributed by atoms with E-state index in [4.69, 9.17) is 0 Å². The molecule has 1 saturated carbocycles. The molecule has 0 aromatic heterocycles. The lowest BCUT2D eigenvalue weighted by Crippen LogP contribution is -2.21. The second kappa shape index (κ2) is 9.58. The van der Waals surface area contributed by atoms with Crippen LogP contribution in [0.4, 0.5) is 0 Å². The highest BCUT2D eigenvalue weighted by Gasteiger charge is 2.25. The zero-order valence-corrected chi connectivity index (χ0v) is 12.5. The summed E-state index contributed by atoms with van der Waals surface area (Å²) >= 11 is 0. The van der Waals surface area contributed by atoms with E-state index in [1.54, 1.807) is 0 Å². The van der Waals surface area contributed by atoms with Crippen molar-refractivity contribution in [2.75, 3.05) is 0 Å². The maximum absolute atomic E-state index is 12.1. The third kappa shape index (κ3) is 6.02. The Bertz CT molecular complexity index is 214. The lowest BCUT2D eigenvalue weighted by Gasteiger charge is -2.27. The molecule has 106 valence electrons. The van der Waals surface area contributed by atoms with Gasteiger partial charge in [0.2, 0.25) is 0 Å². The van der Waals surface area contributed by atoms with Gasteiger partial charge in [-0.25, -0.2) is 0 Å². The van der Waals surface area contributed by atoms with Crippen molar-refractivity contribution in [2.45, 2.75) is 90.9 Å². The van der Waals surface area contributed by atoms with E-state index in [0.717, 1.165) is 18.8 Å². The predicted octanol–water partition coefficient (Wildman–Crippen LogP) is 5.52. The molecule has 0 aromatic carbocycles. The van der Waals surface area contributed by atoms with Crippen LogP contribution < -0.4 is 0 Å². The van der Waals surface area contributed by atoms with Gasteiger partial charge in [-0.2, -0.15) is 0 Å². The van der Waals surface area contributed by atoms with E-state index in [-0.39, 0.29) is 0 Å². The Morgan fingerprint density at radius 3 is 2.17 bits per heavy atom. The largest absolute Gasteiger partial charge is 0.299 e. The number of carbonyl (C=O) groups excluding carboxylic acids is 1. The first-order valence-corrected chi connectivity index (χ1v) is 8.30. The minimum absolute atomic E-state index is 0.421. The van der Waals surface area contributed by atoms with Gasteiger partial charge in [-0.15, -0.1) is 0 Å². The molecule has 0 N–H and O–H groups in total. The van der Waals surface area contributed by atoms with Crippen molar-refractivity contribution < 1.29 is 4.79 Å². The summed E-state index contributed by atoms with van der Waals surface area (Å²) in [5, 5.41) is 0. The zero-order chi connectivity index (χ0) is 13.2. The molecule has 1 aliphatic rings. The summed E-state index contributed by atoms with van der Waals surface area (Å²) in [7, 11) is 0. The summed E-state index contributed by atoms with van der Waals surface area (Å²) in [5.74, 6) is 1.91. The summed E-state index contributed by atoms with van der Waals surface area (Å²) in [6, 6.07) is 0. The second-order valence-corrected chi connectivity index (χ2v) is 6.14. The minimum atomic E-state index is 0.421. The average Bonchev–Trinajstić information content (AvgIpc) is 2.39. The van der Waals surface area contributed by atoms with Crippen LogP contribution in [0.15, 0.2) is 0 Å². The molecule has 18 heavy (non-hydrogen) atoms. The van der Waals surface area contributed by atoms with Crippen LogP contribution in [0.5, 0.6) is 0 Å². The molecule has 0 amide bonds. The van der Waals surface area contributed by atoms with Crippen molar-refractivity contribution in [1.82, 2.24) is 0 Å². The average molecular weight is 252 g/mol. The fourth-order valence-electron chi connectivity index (χ4n) is 3.29. The van der Waals surface area contributed by atoms with Crippen LogP contribution in [-0.2, 0) is 4.79 Å². The fraction of sp³-hybridized carbons (Fsp3) is 0.941. The molecule has 0 unspecified atom stereocenters. The van der Waals surface area contributed by atoms with Crippen molar-refractivity contribution >= 4 is 5.78 Å². The Kier molecular flexibility index (Phi) is 8.37. The van der Waals surface area contributed by atoms with E-state index in [9.17, 15) is 4.79 Å². The monoisotopic (exact) mass is 252 g/mol. The molecule has 1 heteroatoms. The number of Topliss-reactive ketones (excluding diaryl/α,β-unsaturated/α-hetero) is 1. The number of hydrogen-bond acceptors (Lipinski definition) is 1. The van der Waals surface area contributed by atoms with E-state index >= 15 is 0 Å². The first-order valence-electron chi connectivity index (χ1n) is 8.30. The van der Waals surface area contributed by atoms with Gasteiger partial charge in [0.05, 0.1) is 0 Å². The van der Waals surface area contributed by atoms with Gasteiger partial charge in [0, 0.05) is 12.3 Å². The van der Waals surface area contributed by atoms with E-state index in [1.165, 1.54) is 64.2 Å². The van der Waals surface area contributed by atoms with Crippen molar-refractivity contribution in [3.63, 3.8) is 0 Å². The molecule has 0 aliphatic heterocycles. The zero-order valence-electron chi connectivity index (χ0n) is 12.5. The maximum atomic E-state index is 12.1. The molecule has 0 saturated heterocycles. The Hall–Kier alpha value is -0.330. The van der Waals surface area contributed by atoms with Crippen LogP contribution in [0.2, 0.25) is 0 Å². The molecule has 1 rings (SSSR count). The molecule has 0 bridgehead atoms. The van der Waals surface area contributed by atoms with Gasteiger partial charge in [0.1, 0.15) is 5.78 Å². The molecule has 0 spiro atoms. The Morgan fingerprint density at radius 1 is 0.889 bits per heavy atom. The molecule has 1 nitrogen and oxygen atoms in total. The highest BCUT2D eigenvalue weighted by Crippen LogP contribution is 2.32. The number of hydrogen-bond donors (Lipinski definition) is 0. The molecule has 0 atom stereocenters. The summed E-state index contributed by atoms with van der Waals surface area (Å²) in [5.41, 5.74) is 0. The second-order valence-electron chi connectivity index (χ2n) is 6.14. The Labute approximate surface area is 114 Å². The van der Waals surface area contributed by atoms with Crippen molar-refractivity contribution in [3.8, 4) is 0 Å². The first-order chi connectivity index (χ1) is 8.77. The van der Waals surface area contributed by atoms with Crippen LogP contribution in [0.1, 0.15) is 90.9 Å². The van der Waals surface area contributed by atoms with E-state index in [2.05, 4.69) is 13.8 Å². The molecule has 1 fully saturated rings. The van der Waals surface area contributed by atoms with Crippen LogP contribution in [0.3, 0.4) is 0 Å². The number of unbranched alkanes of at least 4 members (excludes halogenated alkanes) is 4. The van der Waals surface area contributed by atoms with Crippen LogP contribution >= 0.6 is 0 Å².